The molecule has 0 bridgehead atoms. The maximum absolute atomic E-state index is 13.3. The van der Waals surface area contributed by atoms with Crippen molar-refractivity contribution in [3.63, 3.8) is 0 Å². The van der Waals surface area contributed by atoms with Crippen molar-refractivity contribution in [2.24, 2.45) is 0 Å². The van der Waals surface area contributed by atoms with Gasteiger partial charge in [-0.25, -0.2) is 9.97 Å². The normalized spacial score (nSPS) is 12.8. The Kier molecular flexibility index (Phi) is 5.41. The Morgan fingerprint density at radius 3 is 2.50 bits per heavy atom. The Morgan fingerprint density at radius 2 is 1.81 bits per heavy atom. The number of aromatic amines is 1. The summed E-state index contributed by atoms with van der Waals surface area (Å²) in [6.45, 7) is 1.96. The first-order valence-corrected chi connectivity index (χ1v) is 10.7. The molecule has 0 saturated carbocycles. The van der Waals surface area contributed by atoms with Crippen molar-refractivity contribution in [3.8, 4) is 11.4 Å². The third-order valence-corrected chi connectivity index (χ3v) is 5.54. The van der Waals surface area contributed by atoms with Crippen LogP contribution >= 0.6 is 0 Å². The number of H-pyrrole nitrogens is 1. The summed E-state index contributed by atoms with van der Waals surface area (Å²) >= 11 is 0. The molecule has 36 heavy (non-hydrogen) atoms. The lowest BCUT2D eigenvalue weighted by molar-refractivity contribution is -0.141. The SMILES string of the molecule is CCCn1c(=O)c2[nH]c(-c3cnn(Cc4cccc(C(F)(F)F)c4)c3)nc2n2cc(C(F)(F)F)nc12. The van der Waals surface area contributed by atoms with Crippen LogP contribution in [0.25, 0.3) is 28.3 Å². The first-order valence-electron chi connectivity index (χ1n) is 10.7. The molecule has 0 aliphatic carbocycles. The van der Waals surface area contributed by atoms with Gasteiger partial charge in [0.05, 0.1) is 23.9 Å². The smallest absolute Gasteiger partial charge is 0.332 e. The minimum absolute atomic E-state index is 0.0114. The summed E-state index contributed by atoms with van der Waals surface area (Å²) in [5, 5.41) is 4.14. The summed E-state index contributed by atoms with van der Waals surface area (Å²) in [6.07, 6.45) is -5.02. The zero-order valence-corrected chi connectivity index (χ0v) is 18.5. The van der Waals surface area contributed by atoms with Crippen LogP contribution in [0.15, 0.2) is 47.7 Å². The van der Waals surface area contributed by atoms with Crippen LogP contribution in [0, 0.1) is 0 Å². The first-order chi connectivity index (χ1) is 17.0. The number of aromatic nitrogens is 7. The number of aryl methyl sites for hydroxylation is 1. The number of hydrogen-bond donors (Lipinski definition) is 1. The Hall–Kier alpha value is -4.10. The van der Waals surface area contributed by atoms with Gasteiger partial charge in [0.25, 0.3) is 5.56 Å². The highest BCUT2D eigenvalue weighted by Crippen LogP contribution is 2.31. The van der Waals surface area contributed by atoms with Crippen LogP contribution < -0.4 is 5.56 Å². The molecule has 4 heterocycles. The summed E-state index contributed by atoms with van der Waals surface area (Å²) in [5.41, 5.74) is -1.80. The van der Waals surface area contributed by atoms with Gasteiger partial charge in [-0.15, -0.1) is 0 Å². The standard InChI is InChI=1S/C22H17F6N7O/c1-2-6-34-19(36)16-18(35-11-15(22(26,27)28)30-20(34)35)32-17(31-16)13-8-29-33(10-13)9-12-4-3-5-14(7-12)21(23,24)25/h3-5,7-8,10-11H,2,6,9H2,1H3,(H,31,32). The van der Waals surface area contributed by atoms with E-state index in [0.29, 0.717) is 17.5 Å². The fourth-order valence-corrected chi connectivity index (χ4v) is 3.93. The average molecular weight is 509 g/mol. The Bertz CT molecular complexity index is 1640. The Morgan fingerprint density at radius 1 is 1.03 bits per heavy atom. The topological polar surface area (TPSA) is 85.8 Å². The zero-order valence-electron chi connectivity index (χ0n) is 18.5. The average Bonchev–Trinajstić information content (AvgIpc) is 3.53. The van der Waals surface area contributed by atoms with Crippen molar-refractivity contribution in [2.45, 2.75) is 38.8 Å². The van der Waals surface area contributed by atoms with Gasteiger partial charge in [0.2, 0.25) is 5.78 Å². The van der Waals surface area contributed by atoms with Crippen molar-refractivity contribution in [2.75, 3.05) is 0 Å². The molecule has 0 radical (unpaired) electrons. The molecule has 0 aliphatic heterocycles. The van der Waals surface area contributed by atoms with Gasteiger partial charge in [-0.3, -0.25) is 18.4 Å². The van der Waals surface area contributed by atoms with Crippen molar-refractivity contribution >= 4 is 16.9 Å². The molecule has 1 N–H and O–H groups in total. The molecule has 8 nitrogen and oxygen atoms in total. The monoisotopic (exact) mass is 509 g/mol. The van der Waals surface area contributed by atoms with Gasteiger partial charge in [0, 0.05) is 18.9 Å². The number of imidazole rings is 2. The van der Waals surface area contributed by atoms with E-state index in [1.165, 1.54) is 29.2 Å². The molecule has 0 aliphatic rings. The first kappa shape index (κ1) is 23.6. The Labute approximate surface area is 197 Å². The highest BCUT2D eigenvalue weighted by Gasteiger charge is 2.35. The molecule has 0 unspecified atom stereocenters. The molecule has 5 rings (SSSR count). The molecule has 1 aromatic carbocycles. The third-order valence-electron chi connectivity index (χ3n) is 5.54. The summed E-state index contributed by atoms with van der Waals surface area (Å²) in [7, 11) is 0. The van der Waals surface area contributed by atoms with E-state index < -0.39 is 29.2 Å². The van der Waals surface area contributed by atoms with Crippen LogP contribution in [0.2, 0.25) is 0 Å². The molecule has 0 saturated heterocycles. The fraction of sp³-hybridized carbons (Fsp3) is 0.273. The molecular formula is C22H17F6N7O. The van der Waals surface area contributed by atoms with Crippen LogP contribution in [-0.2, 0) is 25.4 Å². The zero-order chi connectivity index (χ0) is 25.8. The van der Waals surface area contributed by atoms with Gasteiger partial charge in [-0.2, -0.15) is 31.4 Å². The van der Waals surface area contributed by atoms with E-state index in [4.69, 9.17) is 0 Å². The van der Waals surface area contributed by atoms with Gasteiger partial charge in [0.15, 0.2) is 16.9 Å². The summed E-state index contributed by atoms with van der Waals surface area (Å²) in [5.74, 6) is -0.0184. The second-order valence-electron chi connectivity index (χ2n) is 8.16. The molecule has 0 fully saturated rings. The number of nitrogens with zero attached hydrogens (tertiary/aromatic N) is 6. The van der Waals surface area contributed by atoms with Crippen molar-refractivity contribution in [3.05, 3.63) is 70.0 Å². The Balaban J connectivity index is 1.56. The number of alkyl halides is 6. The maximum atomic E-state index is 13.3. The van der Waals surface area contributed by atoms with Gasteiger partial charge >= 0.3 is 12.4 Å². The second-order valence-corrected chi connectivity index (χ2v) is 8.16. The van der Waals surface area contributed by atoms with Crippen molar-refractivity contribution in [1.82, 2.24) is 33.7 Å². The number of hydrogen-bond acceptors (Lipinski definition) is 4. The highest BCUT2D eigenvalue weighted by atomic mass is 19.4. The van der Waals surface area contributed by atoms with E-state index >= 15 is 0 Å². The van der Waals surface area contributed by atoms with Crippen molar-refractivity contribution < 1.29 is 26.3 Å². The van der Waals surface area contributed by atoms with Crippen LogP contribution in [0.4, 0.5) is 26.3 Å². The van der Waals surface area contributed by atoms with E-state index in [1.807, 2.05) is 0 Å². The van der Waals surface area contributed by atoms with E-state index in [-0.39, 0.29) is 35.9 Å². The largest absolute Gasteiger partial charge is 0.434 e. The van der Waals surface area contributed by atoms with Crippen LogP contribution in [0.5, 0.6) is 0 Å². The molecule has 5 aromatic rings. The van der Waals surface area contributed by atoms with E-state index in [9.17, 15) is 31.1 Å². The second kappa shape index (κ2) is 8.24. The third kappa shape index (κ3) is 4.12. The predicted octanol–water partition coefficient (Wildman–Crippen LogP) is 4.73. The van der Waals surface area contributed by atoms with Crippen molar-refractivity contribution in [1.29, 1.82) is 0 Å². The maximum Gasteiger partial charge on any atom is 0.434 e. The lowest BCUT2D eigenvalue weighted by Gasteiger charge is -2.08. The summed E-state index contributed by atoms with van der Waals surface area (Å²) in [4.78, 5) is 23.8. The molecular weight excluding hydrogens is 492 g/mol. The molecule has 14 heteroatoms. The van der Waals surface area contributed by atoms with E-state index in [0.717, 1.165) is 27.3 Å². The number of halogens is 6. The minimum atomic E-state index is -4.71. The van der Waals surface area contributed by atoms with Gasteiger partial charge in [-0.1, -0.05) is 19.1 Å². The molecule has 0 spiro atoms. The predicted molar refractivity (Wildman–Crippen MR) is 116 cm³/mol. The highest BCUT2D eigenvalue weighted by molar-refractivity contribution is 5.77. The van der Waals surface area contributed by atoms with Gasteiger partial charge in [-0.05, 0) is 24.1 Å². The summed E-state index contributed by atoms with van der Waals surface area (Å²) < 4.78 is 82.6. The number of rotatable bonds is 5. The number of fused-ring (bicyclic) bond motifs is 3. The molecule has 4 aromatic heterocycles. The quantitative estimate of drug-likeness (QED) is 0.347. The van der Waals surface area contributed by atoms with E-state index in [2.05, 4.69) is 20.1 Å². The minimum Gasteiger partial charge on any atom is -0.332 e. The number of nitrogens with one attached hydrogen (secondary N) is 1. The van der Waals surface area contributed by atoms with Crippen LogP contribution in [-0.4, -0.2) is 33.7 Å². The van der Waals surface area contributed by atoms with Gasteiger partial charge < -0.3 is 4.98 Å². The van der Waals surface area contributed by atoms with Gasteiger partial charge in [0.1, 0.15) is 5.82 Å². The van der Waals surface area contributed by atoms with Crippen LogP contribution in [0.3, 0.4) is 0 Å². The van der Waals surface area contributed by atoms with E-state index in [1.54, 1.807) is 6.92 Å². The van der Waals surface area contributed by atoms with Crippen LogP contribution in [0.1, 0.15) is 30.2 Å². The molecule has 188 valence electrons. The lowest BCUT2D eigenvalue weighted by Crippen LogP contribution is -2.23. The number of benzene rings is 1. The molecule has 0 atom stereocenters. The fourth-order valence-electron chi connectivity index (χ4n) is 3.93. The molecule has 0 amide bonds. The lowest BCUT2D eigenvalue weighted by atomic mass is 10.1. The summed E-state index contributed by atoms with van der Waals surface area (Å²) in [6, 6.07) is 4.82.